The predicted molar refractivity (Wildman–Crippen MR) is 96.4 cm³/mol. The van der Waals surface area contributed by atoms with Crippen molar-refractivity contribution in [1.82, 2.24) is 4.90 Å². The first kappa shape index (κ1) is 17.9. The molecule has 0 atom stereocenters. The third kappa shape index (κ3) is 5.96. The number of anilines is 1. The number of hydrogen-bond acceptors (Lipinski definition) is 4. The van der Waals surface area contributed by atoms with Crippen LogP contribution in [0.2, 0.25) is 0 Å². The number of nitrogens with one attached hydrogen (secondary N) is 1. The van der Waals surface area contributed by atoms with Crippen molar-refractivity contribution in [2.75, 3.05) is 31.8 Å². The molecule has 0 aromatic heterocycles. The van der Waals surface area contributed by atoms with E-state index in [1.807, 2.05) is 30.3 Å². The Labute approximate surface area is 146 Å². The van der Waals surface area contributed by atoms with Crippen molar-refractivity contribution in [2.45, 2.75) is 4.90 Å². The molecule has 0 bridgehead atoms. The molecule has 2 aromatic rings. The van der Waals surface area contributed by atoms with Gasteiger partial charge in [0.05, 0.1) is 5.75 Å². The van der Waals surface area contributed by atoms with E-state index < -0.39 is 0 Å². The van der Waals surface area contributed by atoms with E-state index in [9.17, 15) is 9.59 Å². The summed E-state index contributed by atoms with van der Waals surface area (Å²) in [7, 11) is 3.36. The lowest BCUT2D eigenvalue weighted by atomic mass is 10.3. The van der Waals surface area contributed by atoms with Gasteiger partial charge < -0.3 is 15.0 Å². The van der Waals surface area contributed by atoms with Gasteiger partial charge in [-0.3, -0.25) is 9.59 Å². The summed E-state index contributed by atoms with van der Waals surface area (Å²) >= 11 is 1.49. The number of carbonyl (C=O) groups is 2. The van der Waals surface area contributed by atoms with Crippen LogP contribution in [0.1, 0.15) is 0 Å². The third-order valence-electron chi connectivity index (χ3n) is 3.11. The molecule has 0 heterocycles. The Balaban J connectivity index is 1.78. The number of thioether (sulfide) groups is 1. The van der Waals surface area contributed by atoms with Crippen molar-refractivity contribution in [3.63, 3.8) is 0 Å². The molecular formula is C18H20N2O3S. The van der Waals surface area contributed by atoms with Crippen LogP contribution in [0.15, 0.2) is 59.5 Å². The molecule has 5 nitrogen and oxygen atoms in total. The molecule has 0 fully saturated rings. The van der Waals surface area contributed by atoms with Gasteiger partial charge in [-0.25, -0.2) is 0 Å². The molecule has 2 aromatic carbocycles. The first-order chi connectivity index (χ1) is 11.5. The zero-order chi connectivity index (χ0) is 17.4. The molecule has 2 amide bonds. The summed E-state index contributed by atoms with van der Waals surface area (Å²) in [6, 6.07) is 16.7. The maximum absolute atomic E-state index is 11.9. The zero-order valence-corrected chi connectivity index (χ0v) is 14.5. The van der Waals surface area contributed by atoms with Crippen LogP contribution in [-0.4, -0.2) is 43.2 Å². The van der Waals surface area contributed by atoms with Crippen LogP contribution in [0, 0.1) is 0 Å². The van der Waals surface area contributed by atoms with Gasteiger partial charge in [-0.2, -0.15) is 0 Å². The topological polar surface area (TPSA) is 58.6 Å². The Morgan fingerprint density at radius 1 is 1.04 bits per heavy atom. The molecule has 2 rings (SSSR count). The minimum Gasteiger partial charge on any atom is -0.484 e. The molecule has 0 aliphatic heterocycles. The number of rotatable bonds is 7. The van der Waals surface area contributed by atoms with Gasteiger partial charge >= 0.3 is 0 Å². The molecule has 126 valence electrons. The molecule has 6 heteroatoms. The minimum atomic E-state index is -0.106. The summed E-state index contributed by atoms with van der Waals surface area (Å²) in [5.41, 5.74) is 0.694. The monoisotopic (exact) mass is 344 g/mol. The molecule has 0 unspecified atom stereocenters. The Morgan fingerprint density at radius 2 is 1.71 bits per heavy atom. The van der Waals surface area contributed by atoms with Crippen LogP contribution < -0.4 is 10.1 Å². The van der Waals surface area contributed by atoms with Crippen molar-refractivity contribution in [3.8, 4) is 5.75 Å². The lowest BCUT2D eigenvalue weighted by Gasteiger charge is -2.11. The lowest BCUT2D eigenvalue weighted by Crippen LogP contribution is -2.27. The van der Waals surface area contributed by atoms with Gasteiger partial charge in [-0.15, -0.1) is 11.8 Å². The van der Waals surface area contributed by atoms with Crippen LogP contribution in [0.4, 0.5) is 5.69 Å². The van der Waals surface area contributed by atoms with Crippen LogP contribution in [0.25, 0.3) is 0 Å². The van der Waals surface area contributed by atoms with E-state index in [-0.39, 0.29) is 18.4 Å². The number of likely N-dealkylation sites (N-methyl/N-ethyl adjacent to an activating group) is 1. The average Bonchev–Trinajstić information content (AvgIpc) is 2.60. The van der Waals surface area contributed by atoms with E-state index in [1.54, 1.807) is 38.4 Å². The van der Waals surface area contributed by atoms with E-state index >= 15 is 0 Å². The summed E-state index contributed by atoms with van der Waals surface area (Å²) in [6.45, 7) is -0.00752. The maximum atomic E-state index is 11.9. The highest BCUT2D eigenvalue weighted by Gasteiger charge is 2.06. The number of nitrogens with zero attached hydrogens (tertiary/aromatic N) is 1. The Kier molecular flexibility index (Phi) is 6.69. The predicted octanol–water partition coefficient (Wildman–Crippen LogP) is 2.88. The maximum Gasteiger partial charge on any atom is 0.259 e. The van der Waals surface area contributed by atoms with Crippen LogP contribution >= 0.6 is 11.8 Å². The van der Waals surface area contributed by atoms with Gasteiger partial charge in [0.15, 0.2) is 6.61 Å². The highest BCUT2D eigenvalue weighted by molar-refractivity contribution is 8.00. The fraction of sp³-hybridized carbons (Fsp3) is 0.222. The fourth-order valence-electron chi connectivity index (χ4n) is 1.77. The second kappa shape index (κ2) is 8.98. The van der Waals surface area contributed by atoms with Crippen LogP contribution in [0.5, 0.6) is 5.75 Å². The number of carbonyl (C=O) groups excluding carboxylic acids is 2. The van der Waals surface area contributed by atoms with Gasteiger partial charge in [0.2, 0.25) is 5.91 Å². The molecule has 0 aliphatic carbocycles. The summed E-state index contributed by atoms with van der Waals surface area (Å²) in [6.07, 6.45) is 0. The van der Waals surface area contributed by atoms with Crippen molar-refractivity contribution in [3.05, 3.63) is 54.6 Å². The fourth-order valence-corrected chi connectivity index (χ4v) is 2.49. The standard InChI is InChI=1S/C18H20N2O3S/c1-20(2)18(22)12-23-15-10-8-14(9-11-15)19-17(21)13-24-16-6-4-3-5-7-16/h3-11H,12-13H2,1-2H3,(H,19,21). The van der Waals surface area contributed by atoms with E-state index in [4.69, 9.17) is 4.74 Å². The SMILES string of the molecule is CN(C)C(=O)COc1ccc(NC(=O)CSc2ccccc2)cc1. The van der Waals surface area contributed by atoms with Gasteiger partial charge in [0.25, 0.3) is 5.91 Å². The Bertz CT molecular complexity index is 672. The molecule has 0 saturated carbocycles. The van der Waals surface area contributed by atoms with Crippen LogP contribution in [0.3, 0.4) is 0 Å². The first-order valence-electron chi connectivity index (χ1n) is 7.45. The van der Waals surface area contributed by atoms with Gasteiger partial charge in [-0.1, -0.05) is 18.2 Å². The largest absolute Gasteiger partial charge is 0.484 e. The van der Waals surface area contributed by atoms with E-state index in [0.717, 1.165) is 4.90 Å². The zero-order valence-electron chi connectivity index (χ0n) is 13.7. The summed E-state index contributed by atoms with van der Waals surface area (Å²) < 4.78 is 5.39. The van der Waals surface area contributed by atoms with Gasteiger partial charge in [0, 0.05) is 24.7 Å². The second-order valence-corrected chi connectivity index (χ2v) is 6.30. The molecule has 0 radical (unpaired) electrons. The average molecular weight is 344 g/mol. The normalized spacial score (nSPS) is 10.1. The Morgan fingerprint density at radius 3 is 2.33 bits per heavy atom. The van der Waals surface area contributed by atoms with E-state index in [2.05, 4.69) is 5.32 Å². The lowest BCUT2D eigenvalue weighted by molar-refractivity contribution is -0.130. The van der Waals surface area contributed by atoms with Crippen LogP contribution in [-0.2, 0) is 9.59 Å². The Hall–Kier alpha value is -2.47. The van der Waals surface area contributed by atoms with E-state index in [1.165, 1.54) is 16.7 Å². The van der Waals surface area contributed by atoms with Crippen molar-refractivity contribution in [2.24, 2.45) is 0 Å². The van der Waals surface area contributed by atoms with E-state index in [0.29, 0.717) is 17.2 Å². The molecule has 0 saturated heterocycles. The molecule has 1 N–H and O–H groups in total. The van der Waals surface area contributed by atoms with Gasteiger partial charge in [-0.05, 0) is 36.4 Å². The summed E-state index contributed by atoms with van der Waals surface area (Å²) in [4.78, 5) is 25.9. The third-order valence-corrected chi connectivity index (χ3v) is 4.12. The minimum absolute atomic E-state index is 0.00752. The number of hydrogen-bond donors (Lipinski definition) is 1. The molecule has 0 aliphatic rings. The highest BCUT2D eigenvalue weighted by atomic mass is 32.2. The number of benzene rings is 2. The first-order valence-corrected chi connectivity index (χ1v) is 8.44. The highest BCUT2D eigenvalue weighted by Crippen LogP contribution is 2.19. The molecule has 0 spiro atoms. The number of amides is 2. The molecular weight excluding hydrogens is 324 g/mol. The smallest absolute Gasteiger partial charge is 0.259 e. The number of ether oxygens (including phenoxy) is 1. The molecule has 24 heavy (non-hydrogen) atoms. The van der Waals surface area contributed by atoms with Gasteiger partial charge in [0.1, 0.15) is 5.75 Å². The quantitative estimate of drug-likeness (QED) is 0.785. The van der Waals surface area contributed by atoms with Crippen molar-refractivity contribution < 1.29 is 14.3 Å². The van der Waals surface area contributed by atoms with Crippen molar-refractivity contribution in [1.29, 1.82) is 0 Å². The summed E-state index contributed by atoms with van der Waals surface area (Å²) in [5, 5.41) is 2.83. The summed E-state index contributed by atoms with van der Waals surface area (Å²) in [5.74, 6) is 0.757. The second-order valence-electron chi connectivity index (χ2n) is 5.25. The van der Waals surface area contributed by atoms with Crippen molar-refractivity contribution >= 4 is 29.3 Å².